The third kappa shape index (κ3) is 2.77. The number of carbonyl (C=O) groups excluding carboxylic acids is 1. The maximum Gasteiger partial charge on any atom is 0.259 e. The minimum Gasteiger partial charge on any atom is -0.385 e. The van der Waals surface area contributed by atoms with Gasteiger partial charge in [0.2, 0.25) is 0 Å². The first kappa shape index (κ1) is 13.7. The molecule has 0 saturated heterocycles. The van der Waals surface area contributed by atoms with Crippen molar-refractivity contribution in [3.05, 3.63) is 41.2 Å². The van der Waals surface area contributed by atoms with Crippen LogP contribution in [0.1, 0.15) is 35.0 Å². The minimum atomic E-state index is -0.101. The first-order valence-electron chi connectivity index (χ1n) is 7.38. The number of aryl methyl sites for hydroxylation is 3. The van der Waals surface area contributed by atoms with Gasteiger partial charge in [-0.25, -0.2) is 0 Å². The van der Waals surface area contributed by atoms with Gasteiger partial charge in [0.15, 0.2) is 0 Å². The number of hydrogen-bond acceptors (Lipinski definition) is 3. The molecule has 1 aromatic carbocycles. The highest BCUT2D eigenvalue weighted by Crippen LogP contribution is 2.25. The third-order valence-corrected chi connectivity index (χ3v) is 3.79. The Labute approximate surface area is 124 Å². The van der Waals surface area contributed by atoms with E-state index in [1.54, 1.807) is 10.9 Å². The normalized spacial score (nSPS) is 13.4. The Kier molecular flexibility index (Phi) is 3.64. The number of fused-ring (bicyclic) bond motifs is 1. The van der Waals surface area contributed by atoms with Crippen LogP contribution in [-0.4, -0.2) is 22.2 Å². The summed E-state index contributed by atoms with van der Waals surface area (Å²) in [5.41, 5.74) is 4.73. The second kappa shape index (κ2) is 5.60. The van der Waals surface area contributed by atoms with Crippen LogP contribution in [0, 0.1) is 0 Å². The fourth-order valence-corrected chi connectivity index (χ4v) is 2.72. The van der Waals surface area contributed by atoms with Crippen LogP contribution in [0.2, 0.25) is 0 Å². The maximum absolute atomic E-state index is 12.4. The van der Waals surface area contributed by atoms with Gasteiger partial charge >= 0.3 is 0 Å². The lowest BCUT2D eigenvalue weighted by Gasteiger charge is -2.18. The molecule has 0 aliphatic carbocycles. The third-order valence-electron chi connectivity index (χ3n) is 3.79. The van der Waals surface area contributed by atoms with Gasteiger partial charge in [-0.1, -0.05) is 13.0 Å². The number of nitrogens with zero attached hydrogens (tertiary/aromatic N) is 2. The molecule has 110 valence electrons. The standard InChI is InChI=1S/C16H20N4O/c1-3-14-13(10-20(2)19-14)16(21)18-12-7-6-11-5-4-8-17-15(11)9-12/h6-7,9-10,17H,3-5,8H2,1-2H3,(H,18,21). The summed E-state index contributed by atoms with van der Waals surface area (Å²) in [7, 11) is 1.83. The molecule has 5 nitrogen and oxygen atoms in total. The van der Waals surface area contributed by atoms with E-state index in [0.29, 0.717) is 5.56 Å². The van der Waals surface area contributed by atoms with Crippen molar-refractivity contribution in [1.82, 2.24) is 9.78 Å². The molecule has 5 heteroatoms. The van der Waals surface area contributed by atoms with Gasteiger partial charge < -0.3 is 10.6 Å². The van der Waals surface area contributed by atoms with Crippen molar-refractivity contribution in [2.75, 3.05) is 17.2 Å². The van der Waals surface area contributed by atoms with E-state index in [4.69, 9.17) is 0 Å². The van der Waals surface area contributed by atoms with Crippen molar-refractivity contribution < 1.29 is 4.79 Å². The highest BCUT2D eigenvalue weighted by atomic mass is 16.1. The van der Waals surface area contributed by atoms with E-state index in [-0.39, 0.29) is 5.91 Å². The lowest BCUT2D eigenvalue weighted by Crippen LogP contribution is -2.15. The van der Waals surface area contributed by atoms with Gasteiger partial charge in [0.25, 0.3) is 5.91 Å². The van der Waals surface area contributed by atoms with Crippen LogP contribution in [0.4, 0.5) is 11.4 Å². The van der Waals surface area contributed by atoms with Crippen LogP contribution in [0.3, 0.4) is 0 Å². The Morgan fingerprint density at radius 3 is 3.14 bits per heavy atom. The molecule has 1 aliphatic heterocycles. The van der Waals surface area contributed by atoms with Crippen molar-refractivity contribution in [3.63, 3.8) is 0 Å². The molecule has 1 amide bonds. The van der Waals surface area contributed by atoms with E-state index in [0.717, 1.165) is 42.9 Å². The Hall–Kier alpha value is -2.30. The van der Waals surface area contributed by atoms with Gasteiger partial charge in [-0.3, -0.25) is 9.48 Å². The van der Waals surface area contributed by atoms with E-state index in [1.165, 1.54) is 5.56 Å². The van der Waals surface area contributed by atoms with Gasteiger partial charge in [-0.15, -0.1) is 0 Å². The van der Waals surface area contributed by atoms with Crippen molar-refractivity contribution in [2.24, 2.45) is 7.05 Å². The molecular formula is C16H20N4O. The summed E-state index contributed by atoms with van der Waals surface area (Å²) in [6.07, 6.45) is 4.77. The molecule has 1 aromatic heterocycles. The molecule has 3 rings (SSSR count). The summed E-state index contributed by atoms with van der Waals surface area (Å²) in [6.45, 7) is 2.99. The fraction of sp³-hybridized carbons (Fsp3) is 0.375. The van der Waals surface area contributed by atoms with E-state index in [2.05, 4.69) is 21.8 Å². The number of anilines is 2. The Bertz CT molecular complexity index is 675. The van der Waals surface area contributed by atoms with Crippen molar-refractivity contribution in [1.29, 1.82) is 0 Å². The first-order chi connectivity index (χ1) is 10.2. The lowest BCUT2D eigenvalue weighted by atomic mass is 10.0. The van der Waals surface area contributed by atoms with Crippen LogP contribution in [0.5, 0.6) is 0 Å². The topological polar surface area (TPSA) is 59.0 Å². The van der Waals surface area contributed by atoms with Crippen LogP contribution in [0.15, 0.2) is 24.4 Å². The average molecular weight is 284 g/mol. The molecule has 2 heterocycles. The Balaban J connectivity index is 1.81. The summed E-state index contributed by atoms with van der Waals surface area (Å²) >= 11 is 0. The second-order valence-electron chi connectivity index (χ2n) is 5.37. The minimum absolute atomic E-state index is 0.101. The van der Waals surface area contributed by atoms with Crippen LogP contribution in [-0.2, 0) is 19.9 Å². The zero-order valence-electron chi connectivity index (χ0n) is 12.4. The summed E-state index contributed by atoms with van der Waals surface area (Å²) in [5.74, 6) is -0.101. The van der Waals surface area contributed by atoms with E-state index in [1.807, 2.05) is 26.1 Å². The monoisotopic (exact) mass is 284 g/mol. The smallest absolute Gasteiger partial charge is 0.259 e. The zero-order chi connectivity index (χ0) is 14.8. The number of benzene rings is 1. The summed E-state index contributed by atoms with van der Waals surface area (Å²) in [4.78, 5) is 12.4. The van der Waals surface area contributed by atoms with Crippen LogP contribution >= 0.6 is 0 Å². The molecule has 0 bridgehead atoms. The van der Waals surface area contributed by atoms with E-state index in [9.17, 15) is 4.79 Å². The van der Waals surface area contributed by atoms with Gasteiger partial charge in [-0.05, 0) is 37.0 Å². The predicted molar refractivity (Wildman–Crippen MR) is 83.8 cm³/mol. The largest absolute Gasteiger partial charge is 0.385 e. The molecule has 2 aromatic rings. The summed E-state index contributed by atoms with van der Waals surface area (Å²) in [5, 5.41) is 10.6. The number of carbonyl (C=O) groups is 1. The van der Waals surface area contributed by atoms with E-state index >= 15 is 0 Å². The number of nitrogens with one attached hydrogen (secondary N) is 2. The molecule has 2 N–H and O–H groups in total. The molecule has 0 atom stereocenters. The van der Waals surface area contributed by atoms with Crippen molar-refractivity contribution in [3.8, 4) is 0 Å². The molecule has 0 unspecified atom stereocenters. The molecule has 0 saturated carbocycles. The van der Waals surface area contributed by atoms with Gasteiger partial charge in [0.1, 0.15) is 0 Å². The van der Waals surface area contributed by atoms with Gasteiger partial charge in [-0.2, -0.15) is 5.10 Å². The Morgan fingerprint density at radius 1 is 1.48 bits per heavy atom. The molecule has 21 heavy (non-hydrogen) atoms. The lowest BCUT2D eigenvalue weighted by molar-refractivity contribution is 0.102. The fourth-order valence-electron chi connectivity index (χ4n) is 2.72. The number of rotatable bonds is 3. The molecule has 1 aliphatic rings. The first-order valence-corrected chi connectivity index (χ1v) is 7.38. The average Bonchev–Trinajstić information content (AvgIpc) is 2.88. The Morgan fingerprint density at radius 2 is 2.33 bits per heavy atom. The summed E-state index contributed by atoms with van der Waals surface area (Å²) < 4.78 is 1.68. The quantitative estimate of drug-likeness (QED) is 0.911. The summed E-state index contributed by atoms with van der Waals surface area (Å²) in [6, 6.07) is 6.06. The van der Waals surface area contributed by atoms with Gasteiger partial charge in [0.05, 0.1) is 11.3 Å². The molecule has 0 radical (unpaired) electrons. The SMILES string of the molecule is CCc1nn(C)cc1C(=O)Nc1ccc2c(c1)NCCC2. The van der Waals surface area contributed by atoms with E-state index < -0.39 is 0 Å². The van der Waals surface area contributed by atoms with Gasteiger partial charge in [0, 0.05) is 31.2 Å². The predicted octanol–water partition coefficient (Wildman–Crippen LogP) is 2.59. The van der Waals surface area contributed by atoms with Crippen molar-refractivity contribution >= 4 is 17.3 Å². The molecule has 0 spiro atoms. The number of aromatic nitrogens is 2. The highest BCUT2D eigenvalue weighted by molar-refractivity contribution is 6.05. The number of amides is 1. The van der Waals surface area contributed by atoms with Crippen molar-refractivity contribution in [2.45, 2.75) is 26.2 Å². The maximum atomic E-state index is 12.4. The number of hydrogen-bond donors (Lipinski definition) is 2. The zero-order valence-corrected chi connectivity index (χ0v) is 12.4. The second-order valence-corrected chi connectivity index (χ2v) is 5.37. The molecular weight excluding hydrogens is 264 g/mol. The molecule has 0 fully saturated rings. The highest BCUT2D eigenvalue weighted by Gasteiger charge is 2.15. The van der Waals surface area contributed by atoms with Crippen LogP contribution < -0.4 is 10.6 Å². The van der Waals surface area contributed by atoms with Crippen LogP contribution in [0.25, 0.3) is 0 Å².